The number of amides is 1. The Balaban J connectivity index is 1.65. The zero-order valence-corrected chi connectivity index (χ0v) is 21.3. The number of hydrogen-bond donors (Lipinski definition) is 4. The molecule has 0 spiro atoms. The molecule has 6 N–H and O–H groups in total. The monoisotopic (exact) mass is 557 g/mol. The van der Waals surface area contributed by atoms with Crippen LogP contribution in [0.3, 0.4) is 0 Å². The van der Waals surface area contributed by atoms with Gasteiger partial charge >= 0.3 is 6.18 Å². The average Bonchev–Trinajstić information content (AvgIpc) is 3.74. The third-order valence-corrected chi connectivity index (χ3v) is 6.31. The first kappa shape index (κ1) is 28.9. The number of allylic oxidation sites excluding steroid dienone is 1. The molecule has 1 aliphatic carbocycles. The van der Waals surface area contributed by atoms with Crippen LogP contribution < -0.4 is 22.1 Å². The van der Waals surface area contributed by atoms with Crippen molar-refractivity contribution in [1.82, 2.24) is 5.32 Å². The maximum absolute atomic E-state index is 14.7. The zero-order chi connectivity index (χ0) is 28.9. The topological polar surface area (TPSA) is 106 Å². The molecule has 1 unspecified atom stereocenters. The fourth-order valence-electron chi connectivity index (χ4n) is 4.01. The quantitative estimate of drug-likeness (QED) is 0.192. The lowest BCUT2D eigenvalue weighted by Gasteiger charge is -2.21. The number of benzene rings is 3. The van der Waals surface area contributed by atoms with E-state index < -0.39 is 41.2 Å². The highest BCUT2D eigenvalue weighted by molar-refractivity contribution is 6.47. The minimum atomic E-state index is -4.88. The number of rotatable bonds is 10. The normalized spacial score (nSPS) is 15.2. The van der Waals surface area contributed by atoms with Crippen molar-refractivity contribution in [3.05, 3.63) is 107 Å². The van der Waals surface area contributed by atoms with Gasteiger partial charge in [0.15, 0.2) is 0 Å². The highest BCUT2D eigenvalue weighted by Gasteiger charge is 2.32. The molecule has 1 saturated carbocycles. The van der Waals surface area contributed by atoms with Gasteiger partial charge in [0.2, 0.25) is 0 Å². The van der Waals surface area contributed by atoms with Gasteiger partial charge in [0.25, 0.3) is 5.91 Å². The summed E-state index contributed by atoms with van der Waals surface area (Å²) in [5.74, 6) is -1.93. The van der Waals surface area contributed by atoms with Gasteiger partial charge in [-0.05, 0) is 72.8 Å². The highest BCUT2D eigenvalue weighted by atomic mass is 19.4. The summed E-state index contributed by atoms with van der Waals surface area (Å²) < 4.78 is 67.9. The Morgan fingerprint density at radius 2 is 1.80 bits per heavy atom. The maximum atomic E-state index is 14.7. The van der Waals surface area contributed by atoms with Gasteiger partial charge in [-0.15, -0.1) is 0 Å². The summed E-state index contributed by atoms with van der Waals surface area (Å²) in [6.45, 7) is 0.779. The van der Waals surface area contributed by atoms with E-state index in [1.807, 2.05) is 0 Å². The lowest BCUT2D eigenvalue weighted by molar-refractivity contribution is -0.110. The second kappa shape index (κ2) is 12.4. The van der Waals surface area contributed by atoms with Crippen molar-refractivity contribution in [3.63, 3.8) is 0 Å². The Morgan fingerprint density at radius 3 is 2.48 bits per heavy atom. The predicted molar refractivity (Wildman–Crippen MR) is 144 cm³/mol. The minimum absolute atomic E-state index is 0.169. The number of anilines is 1. The van der Waals surface area contributed by atoms with Gasteiger partial charge in [0.1, 0.15) is 23.0 Å². The van der Waals surface area contributed by atoms with Crippen molar-refractivity contribution in [3.8, 4) is 0 Å². The van der Waals surface area contributed by atoms with Gasteiger partial charge in [-0.25, -0.2) is 13.8 Å². The molecule has 4 rings (SSSR count). The fourth-order valence-corrected chi connectivity index (χ4v) is 4.01. The van der Waals surface area contributed by atoms with Crippen LogP contribution in [0.1, 0.15) is 35.6 Å². The molecule has 1 aliphatic rings. The van der Waals surface area contributed by atoms with Gasteiger partial charge in [-0.2, -0.15) is 13.2 Å². The highest BCUT2D eigenvalue weighted by Crippen LogP contribution is 2.32. The van der Waals surface area contributed by atoms with E-state index in [4.69, 9.17) is 11.5 Å². The van der Waals surface area contributed by atoms with Gasteiger partial charge in [-0.3, -0.25) is 4.79 Å². The van der Waals surface area contributed by atoms with Crippen LogP contribution in [-0.2, 0) is 11.3 Å². The van der Waals surface area contributed by atoms with Crippen LogP contribution in [0.15, 0.2) is 83.5 Å². The molecule has 6 nitrogen and oxygen atoms in total. The fraction of sp³-hybridized carbons (Fsp3) is 0.241. The Kier molecular flexibility index (Phi) is 8.96. The standard InChI is InChI=1S/C29H28F5N5O/c30-20-9-10-23(24(31)13-20)27(37-16-17-7-8-17)19-4-2-6-22(12-19)39-28(40)25(14-26(36)29(32,33)34)38-21-5-1-3-18(11-21)15-35/h1-6,9-14,17,27,37H,7-8,15-16,35-36H2,(H,39,40). The Hall–Kier alpha value is -4.09. The molecule has 210 valence electrons. The molecule has 11 heteroatoms. The number of carbonyl (C=O) groups excluding carboxylic acids is 1. The molecule has 3 aromatic rings. The van der Waals surface area contributed by atoms with Crippen LogP contribution in [-0.4, -0.2) is 24.3 Å². The summed E-state index contributed by atoms with van der Waals surface area (Å²) >= 11 is 0. The Labute approximate surface area is 228 Å². The van der Waals surface area contributed by atoms with Crippen molar-refractivity contribution in [2.75, 3.05) is 11.9 Å². The van der Waals surface area contributed by atoms with E-state index >= 15 is 0 Å². The second-order valence-corrected chi connectivity index (χ2v) is 9.50. The van der Waals surface area contributed by atoms with Crippen molar-refractivity contribution < 1.29 is 26.7 Å². The lowest BCUT2D eigenvalue weighted by atomic mass is 9.97. The first-order valence-electron chi connectivity index (χ1n) is 12.5. The largest absolute Gasteiger partial charge is 0.430 e. The van der Waals surface area contributed by atoms with Gasteiger partial charge < -0.3 is 22.1 Å². The predicted octanol–water partition coefficient (Wildman–Crippen LogP) is 5.63. The molecule has 0 heterocycles. The van der Waals surface area contributed by atoms with E-state index in [-0.39, 0.29) is 23.5 Å². The summed E-state index contributed by atoms with van der Waals surface area (Å²) in [4.78, 5) is 17.2. The third-order valence-electron chi connectivity index (χ3n) is 6.31. The lowest BCUT2D eigenvalue weighted by Crippen LogP contribution is -2.27. The number of hydrogen-bond acceptors (Lipinski definition) is 5. The minimum Gasteiger partial charge on any atom is -0.395 e. The van der Waals surface area contributed by atoms with Gasteiger partial charge in [0, 0.05) is 23.9 Å². The van der Waals surface area contributed by atoms with E-state index in [1.54, 1.807) is 36.4 Å². The van der Waals surface area contributed by atoms with Gasteiger partial charge in [-0.1, -0.05) is 30.3 Å². The van der Waals surface area contributed by atoms with E-state index in [0.717, 1.165) is 25.0 Å². The summed E-state index contributed by atoms with van der Waals surface area (Å²) in [5.41, 5.74) is 10.6. The average molecular weight is 558 g/mol. The number of nitrogens with zero attached hydrogens (tertiary/aromatic N) is 1. The van der Waals surface area contributed by atoms with Crippen LogP contribution in [0.25, 0.3) is 0 Å². The molecule has 0 bridgehead atoms. The molecule has 40 heavy (non-hydrogen) atoms. The SMILES string of the molecule is NCc1cccc(N=C(C=C(N)C(F)(F)F)C(=O)Nc2cccc(C(NCC3CC3)c3ccc(F)cc3F)c2)c1. The Bertz CT molecular complexity index is 1430. The van der Waals surface area contributed by atoms with Crippen molar-refractivity contribution in [2.24, 2.45) is 22.4 Å². The van der Waals surface area contributed by atoms with Crippen molar-refractivity contribution in [1.29, 1.82) is 0 Å². The van der Waals surface area contributed by atoms with Gasteiger partial charge in [0.05, 0.1) is 11.7 Å². The third kappa shape index (κ3) is 7.73. The van der Waals surface area contributed by atoms with E-state index in [2.05, 4.69) is 15.6 Å². The van der Waals surface area contributed by atoms with Crippen LogP contribution >= 0.6 is 0 Å². The molecule has 1 amide bonds. The number of aliphatic imine (C=N–C) groups is 1. The molecular weight excluding hydrogens is 529 g/mol. The number of carbonyl (C=O) groups is 1. The molecule has 3 aromatic carbocycles. The molecule has 0 aliphatic heterocycles. The van der Waals surface area contributed by atoms with Crippen molar-refractivity contribution >= 4 is 23.0 Å². The van der Waals surface area contributed by atoms with Crippen molar-refractivity contribution in [2.45, 2.75) is 31.6 Å². The Morgan fingerprint density at radius 1 is 1.05 bits per heavy atom. The summed E-state index contributed by atoms with van der Waals surface area (Å²) in [5, 5.41) is 5.86. The van der Waals surface area contributed by atoms with Crippen LogP contribution in [0.5, 0.6) is 0 Å². The number of halogens is 5. The summed E-state index contributed by atoms with van der Waals surface area (Å²) in [6.07, 6.45) is -2.32. The molecular formula is C29H28F5N5O. The summed E-state index contributed by atoms with van der Waals surface area (Å²) in [6, 6.07) is 15.4. The number of nitrogens with two attached hydrogens (primary N) is 2. The first-order chi connectivity index (χ1) is 19.0. The van der Waals surface area contributed by atoms with E-state index in [9.17, 15) is 26.7 Å². The first-order valence-corrected chi connectivity index (χ1v) is 12.5. The zero-order valence-electron chi connectivity index (χ0n) is 21.3. The molecule has 0 aromatic heterocycles. The molecule has 0 saturated heterocycles. The smallest absolute Gasteiger partial charge is 0.395 e. The molecule has 1 atom stereocenters. The number of nitrogens with one attached hydrogen (secondary N) is 2. The van der Waals surface area contributed by atoms with Crippen LogP contribution in [0.2, 0.25) is 0 Å². The molecule has 0 radical (unpaired) electrons. The maximum Gasteiger partial charge on any atom is 0.430 e. The number of alkyl halides is 3. The van der Waals surface area contributed by atoms with Crippen LogP contribution in [0, 0.1) is 17.6 Å². The van der Waals surface area contributed by atoms with E-state index in [0.29, 0.717) is 29.7 Å². The summed E-state index contributed by atoms with van der Waals surface area (Å²) in [7, 11) is 0. The van der Waals surface area contributed by atoms with Crippen LogP contribution in [0.4, 0.5) is 33.3 Å². The van der Waals surface area contributed by atoms with E-state index in [1.165, 1.54) is 18.2 Å². The second-order valence-electron chi connectivity index (χ2n) is 9.50. The molecule has 1 fully saturated rings.